The van der Waals surface area contributed by atoms with Crippen molar-refractivity contribution in [3.05, 3.63) is 54.8 Å². The molecule has 0 spiro atoms. The van der Waals surface area contributed by atoms with Crippen molar-refractivity contribution in [3.8, 4) is 0 Å². The third kappa shape index (κ3) is 3.06. The number of ether oxygens (including phenoxy) is 1. The Kier molecular flexibility index (Phi) is 3.72. The molecule has 0 N–H and O–H groups in total. The Morgan fingerprint density at radius 2 is 2.00 bits per heavy atom. The van der Waals surface area contributed by atoms with Crippen LogP contribution >= 0.6 is 0 Å². The van der Waals surface area contributed by atoms with Crippen molar-refractivity contribution >= 4 is 6.08 Å². The van der Waals surface area contributed by atoms with E-state index in [9.17, 15) is 0 Å². The molecular weight excluding hydrogens is 148 g/mol. The minimum absolute atomic E-state index is 0.559. The molecular formula is C11H12O. The zero-order chi connectivity index (χ0) is 8.65. The molecule has 0 bridgehead atoms. The Labute approximate surface area is 73.0 Å². The second-order valence-electron chi connectivity index (χ2n) is 2.34. The van der Waals surface area contributed by atoms with Gasteiger partial charge in [0.1, 0.15) is 6.61 Å². The summed E-state index contributed by atoms with van der Waals surface area (Å²) in [4.78, 5) is 0. The average molecular weight is 160 g/mol. The van der Waals surface area contributed by atoms with Crippen molar-refractivity contribution in [3.63, 3.8) is 0 Å². The molecule has 0 aliphatic carbocycles. The number of benzene rings is 1. The van der Waals surface area contributed by atoms with Gasteiger partial charge >= 0.3 is 0 Å². The monoisotopic (exact) mass is 160 g/mol. The maximum absolute atomic E-state index is 5.09. The highest BCUT2D eigenvalue weighted by Gasteiger charge is 1.80. The van der Waals surface area contributed by atoms with Gasteiger partial charge in [0.25, 0.3) is 0 Å². The first-order chi connectivity index (χ1) is 5.93. The summed E-state index contributed by atoms with van der Waals surface area (Å²) < 4.78 is 5.09. The normalized spacial score (nSPS) is 10.0. The predicted molar refractivity (Wildman–Crippen MR) is 51.6 cm³/mol. The number of hydrogen-bond acceptors (Lipinski definition) is 1. The van der Waals surface area contributed by atoms with E-state index in [1.807, 2.05) is 36.4 Å². The Bertz CT molecular complexity index is 249. The van der Waals surface area contributed by atoms with E-state index in [4.69, 9.17) is 4.74 Å². The fourth-order valence-corrected chi connectivity index (χ4v) is 0.814. The van der Waals surface area contributed by atoms with Crippen molar-refractivity contribution in [2.75, 3.05) is 6.61 Å². The highest BCUT2D eigenvalue weighted by atomic mass is 16.5. The maximum Gasteiger partial charge on any atom is 0.105 e. The van der Waals surface area contributed by atoms with E-state index in [0.29, 0.717) is 6.61 Å². The largest absolute Gasteiger partial charge is 0.497 e. The molecule has 0 radical (unpaired) electrons. The first-order valence-corrected chi connectivity index (χ1v) is 3.87. The van der Waals surface area contributed by atoms with Gasteiger partial charge in [0.15, 0.2) is 0 Å². The van der Waals surface area contributed by atoms with E-state index in [1.54, 1.807) is 12.3 Å². The molecule has 0 saturated carbocycles. The molecule has 1 nitrogen and oxygen atoms in total. The smallest absolute Gasteiger partial charge is 0.105 e. The van der Waals surface area contributed by atoms with E-state index in [1.165, 1.54) is 0 Å². The molecule has 0 atom stereocenters. The van der Waals surface area contributed by atoms with Crippen molar-refractivity contribution in [2.45, 2.75) is 0 Å². The lowest BCUT2D eigenvalue weighted by atomic mass is 10.2. The quantitative estimate of drug-likeness (QED) is 0.374. The average Bonchev–Trinajstić information content (AvgIpc) is 2.14. The highest BCUT2D eigenvalue weighted by Crippen LogP contribution is 2.00. The zero-order valence-electron chi connectivity index (χ0n) is 6.94. The van der Waals surface area contributed by atoms with Crippen molar-refractivity contribution in [1.29, 1.82) is 0 Å². The van der Waals surface area contributed by atoms with Crippen molar-refractivity contribution in [1.82, 2.24) is 0 Å². The molecule has 0 unspecified atom stereocenters. The Hall–Kier alpha value is -1.50. The Balaban J connectivity index is 2.41. The first kappa shape index (κ1) is 8.60. The zero-order valence-corrected chi connectivity index (χ0v) is 6.94. The van der Waals surface area contributed by atoms with Gasteiger partial charge in [-0.2, -0.15) is 0 Å². The molecule has 0 amide bonds. The minimum atomic E-state index is 0.559. The van der Waals surface area contributed by atoms with E-state index < -0.39 is 0 Å². The van der Waals surface area contributed by atoms with Crippen LogP contribution in [-0.4, -0.2) is 6.61 Å². The number of hydrogen-bond donors (Lipinski definition) is 0. The minimum Gasteiger partial charge on any atom is -0.497 e. The molecule has 1 aromatic rings. The summed E-state index contributed by atoms with van der Waals surface area (Å²) in [5.74, 6) is 0. The van der Waals surface area contributed by atoms with Gasteiger partial charge in [-0.1, -0.05) is 43.0 Å². The standard InChI is InChI=1S/C11H12O/c1-2-9-12-10-8-11-6-4-3-5-7-11/h2-8,10H,1,9H2. The van der Waals surface area contributed by atoms with Crippen LogP contribution in [0.25, 0.3) is 6.08 Å². The van der Waals surface area contributed by atoms with Crippen LogP contribution in [0.15, 0.2) is 49.2 Å². The first-order valence-electron chi connectivity index (χ1n) is 3.87. The summed E-state index contributed by atoms with van der Waals surface area (Å²) in [6, 6.07) is 10.0. The van der Waals surface area contributed by atoms with Crippen LogP contribution in [0.4, 0.5) is 0 Å². The van der Waals surface area contributed by atoms with Gasteiger partial charge in [0.05, 0.1) is 6.26 Å². The fourth-order valence-electron chi connectivity index (χ4n) is 0.814. The van der Waals surface area contributed by atoms with E-state index in [0.717, 1.165) is 5.56 Å². The molecule has 0 aliphatic rings. The second kappa shape index (κ2) is 5.19. The molecule has 1 rings (SSSR count). The van der Waals surface area contributed by atoms with Gasteiger partial charge in [-0.05, 0) is 11.6 Å². The summed E-state index contributed by atoms with van der Waals surface area (Å²) in [6.07, 6.45) is 5.32. The summed E-state index contributed by atoms with van der Waals surface area (Å²) >= 11 is 0. The van der Waals surface area contributed by atoms with Crippen LogP contribution in [0.3, 0.4) is 0 Å². The highest BCUT2D eigenvalue weighted by molar-refractivity contribution is 5.47. The van der Waals surface area contributed by atoms with Crippen LogP contribution in [-0.2, 0) is 4.74 Å². The van der Waals surface area contributed by atoms with Crippen LogP contribution in [0.5, 0.6) is 0 Å². The third-order valence-corrected chi connectivity index (χ3v) is 1.37. The van der Waals surface area contributed by atoms with Crippen LogP contribution < -0.4 is 0 Å². The molecule has 0 heterocycles. The van der Waals surface area contributed by atoms with Gasteiger partial charge in [-0.25, -0.2) is 0 Å². The topological polar surface area (TPSA) is 9.23 Å². The predicted octanol–water partition coefficient (Wildman–Crippen LogP) is 2.86. The van der Waals surface area contributed by atoms with E-state index >= 15 is 0 Å². The molecule has 62 valence electrons. The fraction of sp³-hybridized carbons (Fsp3) is 0.0909. The molecule has 0 aliphatic heterocycles. The van der Waals surface area contributed by atoms with Gasteiger partial charge in [0.2, 0.25) is 0 Å². The van der Waals surface area contributed by atoms with E-state index in [2.05, 4.69) is 6.58 Å². The maximum atomic E-state index is 5.09. The van der Waals surface area contributed by atoms with Gasteiger partial charge in [0, 0.05) is 0 Å². The van der Waals surface area contributed by atoms with Crippen molar-refractivity contribution < 1.29 is 4.74 Å². The molecule has 0 fully saturated rings. The lowest BCUT2D eigenvalue weighted by molar-refractivity contribution is 0.293. The van der Waals surface area contributed by atoms with Crippen LogP contribution in [0.1, 0.15) is 5.56 Å². The molecule has 0 saturated heterocycles. The summed E-state index contributed by atoms with van der Waals surface area (Å²) in [5, 5.41) is 0. The van der Waals surface area contributed by atoms with Crippen LogP contribution in [0.2, 0.25) is 0 Å². The lowest BCUT2D eigenvalue weighted by Gasteiger charge is -1.93. The van der Waals surface area contributed by atoms with Crippen LogP contribution in [0, 0.1) is 0 Å². The molecule has 0 aromatic heterocycles. The second-order valence-corrected chi connectivity index (χ2v) is 2.34. The summed E-state index contributed by atoms with van der Waals surface area (Å²) in [6.45, 7) is 4.11. The van der Waals surface area contributed by atoms with Gasteiger partial charge in [-0.15, -0.1) is 0 Å². The Morgan fingerprint density at radius 3 is 2.67 bits per heavy atom. The Morgan fingerprint density at radius 1 is 1.25 bits per heavy atom. The molecule has 12 heavy (non-hydrogen) atoms. The van der Waals surface area contributed by atoms with Gasteiger partial charge in [-0.3, -0.25) is 0 Å². The summed E-state index contributed by atoms with van der Waals surface area (Å²) in [5.41, 5.74) is 1.14. The molecule has 1 heteroatoms. The molecule has 1 aromatic carbocycles. The van der Waals surface area contributed by atoms with E-state index in [-0.39, 0.29) is 0 Å². The lowest BCUT2D eigenvalue weighted by Crippen LogP contribution is -1.78. The van der Waals surface area contributed by atoms with Gasteiger partial charge < -0.3 is 4.74 Å². The number of rotatable bonds is 4. The SMILES string of the molecule is C=CCOC=Cc1ccccc1. The van der Waals surface area contributed by atoms with Crippen molar-refractivity contribution in [2.24, 2.45) is 0 Å². The third-order valence-electron chi connectivity index (χ3n) is 1.37. The summed E-state index contributed by atoms with van der Waals surface area (Å²) in [7, 11) is 0.